The Hall–Kier alpha value is -1.81. The standard InChI is InChI=1S/C13H17NO3/c1-8-9(2)12(17-3)6-4-10(8)11(14)5-7-13(15)16/h4-7,11H,14H2,1-3H3,(H,15,16)/b7-5+. The topological polar surface area (TPSA) is 72.5 Å². The molecule has 4 nitrogen and oxygen atoms in total. The van der Waals surface area contributed by atoms with Crippen LogP contribution in [-0.4, -0.2) is 18.2 Å². The zero-order valence-electron chi connectivity index (χ0n) is 10.2. The van der Waals surface area contributed by atoms with Crippen molar-refractivity contribution in [1.29, 1.82) is 0 Å². The molecule has 0 heterocycles. The van der Waals surface area contributed by atoms with Gasteiger partial charge in [-0.25, -0.2) is 4.79 Å². The Kier molecular flexibility index (Phi) is 4.29. The minimum absolute atomic E-state index is 0.421. The minimum atomic E-state index is -0.997. The lowest BCUT2D eigenvalue weighted by atomic mass is 9.97. The molecule has 1 aromatic carbocycles. The molecule has 4 heteroatoms. The van der Waals surface area contributed by atoms with Crippen LogP contribution in [0.3, 0.4) is 0 Å². The molecular weight excluding hydrogens is 218 g/mol. The number of benzene rings is 1. The summed E-state index contributed by atoms with van der Waals surface area (Å²) >= 11 is 0. The van der Waals surface area contributed by atoms with Gasteiger partial charge in [-0.1, -0.05) is 12.1 Å². The van der Waals surface area contributed by atoms with Crippen LogP contribution in [0.5, 0.6) is 5.75 Å². The summed E-state index contributed by atoms with van der Waals surface area (Å²) in [6, 6.07) is 3.28. The predicted molar refractivity (Wildman–Crippen MR) is 66.2 cm³/mol. The van der Waals surface area contributed by atoms with Crippen LogP contribution in [-0.2, 0) is 4.79 Å². The Bertz CT molecular complexity index is 452. The molecule has 0 aromatic heterocycles. The lowest BCUT2D eigenvalue weighted by molar-refractivity contribution is -0.131. The maximum absolute atomic E-state index is 10.4. The van der Waals surface area contributed by atoms with Gasteiger partial charge in [-0.05, 0) is 36.6 Å². The summed E-state index contributed by atoms with van der Waals surface area (Å²) in [6.07, 6.45) is 2.53. The highest BCUT2D eigenvalue weighted by molar-refractivity contribution is 5.79. The van der Waals surface area contributed by atoms with Crippen LogP contribution >= 0.6 is 0 Å². The summed E-state index contributed by atoms with van der Waals surface area (Å²) in [5.74, 6) is -0.191. The number of nitrogens with two attached hydrogens (primary N) is 1. The van der Waals surface area contributed by atoms with Gasteiger partial charge in [-0.3, -0.25) is 0 Å². The number of hydrogen-bond acceptors (Lipinski definition) is 3. The molecule has 0 amide bonds. The third-order valence-electron chi connectivity index (χ3n) is 2.80. The van der Waals surface area contributed by atoms with Gasteiger partial charge in [0.15, 0.2) is 0 Å². The van der Waals surface area contributed by atoms with E-state index in [9.17, 15) is 4.79 Å². The number of ether oxygens (including phenoxy) is 1. The summed E-state index contributed by atoms with van der Waals surface area (Å²) in [5.41, 5.74) is 8.86. The third-order valence-corrected chi connectivity index (χ3v) is 2.80. The molecule has 0 aliphatic rings. The molecule has 1 unspecified atom stereocenters. The number of carboxylic acid groups (broad SMARTS) is 1. The van der Waals surface area contributed by atoms with Crippen molar-refractivity contribution in [2.24, 2.45) is 5.73 Å². The molecule has 92 valence electrons. The maximum Gasteiger partial charge on any atom is 0.328 e. The molecule has 0 saturated heterocycles. The van der Waals surface area contributed by atoms with Crippen molar-refractivity contribution >= 4 is 5.97 Å². The zero-order valence-corrected chi connectivity index (χ0v) is 10.2. The lowest BCUT2D eigenvalue weighted by Crippen LogP contribution is -2.10. The molecule has 17 heavy (non-hydrogen) atoms. The second-order valence-corrected chi connectivity index (χ2v) is 3.83. The molecular formula is C13H17NO3. The normalized spacial score (nSPS) is 12.7. The van der Waals surface area contributed by atoms with Crippen molar-refractivity contribution in [3.05, 3.63) is 41.0 Å². The average Bonchev–Trinajstić information content (AvgIpc) is 2.29. The minimum Gasteiger partial charge on any atom is -0.496 e. The fourth-order valence-electron chi connectivity index (χ4n) is 1.69. The number of methoxy groups -OCH3 is 1. The van der Waals surface area contributed by atoms with Gasteiger partial charge >= 0.3 is 5.97 Å². The fourth-order valence-corrected chi connectivity index (χ4v) is 1.69. The number of carboxylic acids is 1. The van der Waals surface area contributed by atoms with Gasteiger partial charge in [0.25, 0.3) is 0 Å². The second-order valence-electron chi connectivity index (χ2n) is 3.83. The van der Waals surface area contributed by atoms with Crippen LogP contribution in [0.2, 0.25) is 0 Å². The molecule has 1 aromatic rings. The fraction of sp³-hybridized carbons (Fsp3) is 0.308. The molecule has 0 fully saturated rings. The SMILES string of the molecule is COc1ccc(C(N)/C=C/C(=O)O)c(C)c1C. The molecule has 0 saturated carbocycles. The van der Waals surface area contributed by atoms with E-state index in [0.29, 0.717) is 0 Å². The third kappa shape index (κ3) is 3.07. The first-order valence-corrected chi connectivity index (χ1v) is 5.28. The van der Waals surface area contributed by atoms with E-state index in [1.807, 2.05) is 26.0 Å². The summed E-state index contributed by atoms with van der Waals surface area (Å²) in [7, 11) is 1.62. The van der Waals surface area contributed by atoms with E-state index in [1.54, 1.807) is 7.11 Å². The van der Waals surface area contributed by atoms with E-state index < -0.39 is 12.0 Å². The first-order chi connectivity index (χ1) is 7.97. The summed E-state index contributed by atoms with van der Waals surface area (Å²) in [6.45, 7) is 3.90. The number of rotatable bonds is 4. The van der Waals surface area contributed by atoms with Gasteiger partial charge in [0.1, 0.15) is 5.75 Å². The van der Waals surface area contributed by atoms with Crippen LogP contribution in [0, 0.1) is 13.8 Å². The van der Waals surface area contributed by atoms with Crippen LogP contribution in [0.1, 0.15) is 22.7 Å². The highest BCUT2D eigenvalue weighted by Crippen LogP contribution is 2.27. The molecule has 0 radical (unpaired) electrons. The van der Waals surface area contributed by atoms with Gasteiger partial charge in [0.05, 0.1) is 7.11 Å². The van der Waals surface area contributed by atoms with Crippen molar-refractivity contribution in [3.8, 4) is 5.75 Å². The van der Waals surface area contributed by atoms with Gasteiger partial charge < -0.3 is 15.6 Å². The first-order valence-electron chi connectivity index (χ1n) is 5.28. The van der Waals surface area contributed by atoms with E-state index in [2.05, 4.69) is 0 Å². The Morgan fingerprint density at radius 2 is 2.06 bits per heavy atom. The van der Waals surface area contributed by atoms with E-state index in [-0.39, 0.29) is 0 Å². The highest BCUT2D eigenvalue weighted by Gasteiger charge is 2.11. The van der Waals surface area contributed by atoms with Crippen molar-refractivity contribution < 1.29 is 14.6 Å². The zero-order chi connectivity index (χ0) is 13.0. The van der Waals surface area contributed by atoms with E-state index in [4.69, 9.17) is 15.6 Å². The van der Waals surface area contributed by atoms with Crippen LogP contribution in [0.25, 0.3) is 0 Å². The van der Waals surface area contributed by atoms with Crippen LogP contribution in [0.4, 0.5) is 0 Å². The Morgan fingerprint density at radius 3 is 2.59 bits per heavy atom. The summed E-state index contributed by atoms with van der Waals surface area (Å²) in [4.78, 5) is 10.4. The van der Waals surface area contributed by atoms with Gasteiger partial charge in [0.2, 0.25) is 0 Å². The van der Waals surface area contributed by atoms with Crippen LogP contribution < -0.4 is 10.5 Å². The quantitative estimate of drug-likeness (QED) is 0.782. The largest absolute Gasteiger partial charge is 0.496 e. The smallest absolute Gasteiger partial charge is 0.328 e. The van der Waals surface area contributed by atoms with Gasteiger partial charge in [0, 0.05) is 12.1 Å². The van der Waals surface area contributed by atoms with Crippen molar-refractivity contribution in [1.82, 2.24) is 0 Å². The molecule has 0 aliphatic heterocycles. The molecule has 0 bridgehead atoms. The van der Waals surface area contributed by atoms with Crippen molar-refractivity contribution in [3.63, 3.8) is 0 Å². The Labute approximate surface area is 101 Å². The van der Waals surface area contributed by atoms with Crippen molar-refractivity contribution in [2.75, 3.05) is 7.11 Å². The molecule has 0 aliphatic carbocycles. The number of carbonyl (C=O) groups is 1. The van der Waals surface area contributed by atoms with E-state index in [0.717, 1.165) is 28.5 Å². The summed E-state index contributed by atoms with van der Waals surface area (Å²) in [5, 5.41) is 8.55. The monoisotopic (exact) mass is 235 g/mol. The van der Waals surface area contributed by atoms with Crippen molar-refractivity contribution in [2.45, 2.75) is 19.9 Å². The van der Waals surface area contributed by atoms with E-state index >= 15 is 0 Å². The van der Waals surface area contributed by atoms with Crippen LogP contribution in [0.15, 0.2) is 24.3 Å². The van der Waals surface area contributed by atoms with E-state index in [1.165, 1.54) is 6.08 Å². The number of aliphatic carboxylic acids is 1. The maximum atomic E-state index is 10.4. The van der Waals surface area contributed by atoms with Gasteiger partial charge in [-0.15, -0.1) is 0 Å². The molecule has 1 rings (SSSR count). The Balaban J connectivity index is 3.07. The lowest BCUT2D eigenvalue weighted by Gasteiger charge is -2.15. The van der Waals surface area contributed by atoms with Gasteiger partial charge in [-0.2, -0.15) is 0 Å². The first kappa shape index (κ1) is 13.3. The highest BCUT2D eigenvalue weighted by atomic mass is 16.5. The second kappa shape index (κ2) is 5.50. The number of hydrogen-bond donors (Lipinski definition) is 2. The predicted octanol–water partition coefficient (Wildman–Crippen LogP) is 1.95. The molecule has 1 atom stereocenters. The molecule has 3 N–H and O–H groups in total. The summed E-state index contributed by atoms with van der Waals surface area (Å²) < 4.78 is 5.21. The Morgan fingerprint density at radius 1 is 1.41 bits per heavy atom. The average molecular weight is 235 g/mol. The molecule has 0 spiro atoms.